The first-order chi connectivity index (χ1) is 10.2. The number of rotatable bonds is 3. The van der Waals surface area contributed by atoms with Crippen molar-refractivity contribution in [3.05, 3.63) is 34.9 Å². The van der Waals surface area contributed by atoms with Crippen LogP contribution in [0.4, 0.5) is 0 Å². The third-order valence-corrected chi connectivity index (χ3v) is 5.03. The van der Waals surface area contributed by atoms with Crippen LogP contribution in [0.15, 0.2) is 18.2 Å². The lowest BCUT2D eigenvalue weighted by atomic mass is 10.0. The summed E-state index contributed by atoms with van der Waals surface area (Å²) >= 11 is 1.88. The predicted molar refractivity (Wildman–Crippen MR) is 87.6 cm³/mol. The molecule has 1 saturated carbocycles. The van der Waals surface area contributed by atoms with Crippen LogP contribution in [0.3, 0.4) is 0 Å². The second-order valence-electron chi connectivity index (χ2n) is 5.28. The first kappa shape index (κ1) is 15.9. The number of amides is 1. The highest BCUT2D eigenvalue weighted by molar-refractivity contribution is 7.99. The van der Waals surface area contributed by atoms with E-state index in [1.807, 2.05) is 36.9 Å². The second kappa shape index (κ2) is 7.53. The van der Waals surface area contributed by atoms with Gasteiger partial charge < -0.3 is 10.4 Å². The Labute approximate surface area is 130 Å². The van der Waals surface area contributed by atoms with Crippen molar-refractivity contribution in [2.75, 3.05) is 12.9 Å². The van der Waals surface area contributed by atoms with Crippen LogP contribution in [0.25, 0.3) is 0 Å². The van der Waals surface area contributed by atoms with E-state index in [0.29, 0.717) is 10.8 Å². The summed E-state index contributed by atoms with van der Waals surface area (Å²) < 4.78 is 0. The smallest absolute Gasteiger partial charge is 0.251 e. The number of carbonyl (C=O) groups excluding carboxylic acids is 1. The minimum absolute atomic E-state index is 0.0214. The van der Waals surface area contributed by atoms with Gasteiger partial charge in [-0.05, 0) is 50.1 Å². The van der Waals surface area contributed by atoms with E-state index < -0.39 is 0 Å². The van der Waals surface area contributed by atoms with Gasteiger partial charge in [-0.25, -0.2) is 0 Å². The van der Waals surface area contributed by atoms with Crippen LogP contribution in [0.5, 0.6) is 0 Å². The molecule has 0 aliphatic heterocycles. The predicted octanol–water partition coefficient (Wildman–Crippen LogP) is 2.35. The molecule has 1 aromatic rings. The number of thioether (sulfide) groups is 1. The van der Waals surface area contributed by atoms with Crippen molar-refractivity contribution in [2.24, 2.45) is 0 Å². The van der Waals surface area contributed by atoms with Gasteiger partial charge in [-0.15, -0.1) is 0 Å². The zero-order valence-corrected chi connectivity index (χ0v) is 13.3. The van der Waals surface area contributed by atoms with Crippen molar-refractivity contribution < 1.29 is 9.90 Å². The lowest BCUT2D eigenvalue weighted by Crippen LogP contribution is -2.33. The molecule has 3 nitrogen and oxygen atoms in total. The largest absolute Gasteiger partial charge is 0.384 e. The summed E-state index contributed by atoms with van der Waals surface area (Å²) in [4.78, 5) is 12.4. The Bertz CT molecular complexity index is 574. The zero-order valence-electron chi connectivity index (χ0n) is 12.5. The molecule has 1 aromatic carbocycles. The molecule has 0 spiro atoms. The average molecular weight is 303 g/mol. The molecule has 1 aliphatic carbocycles. The molecule has 2 N–H and O–H groups in total. The quantitative estimate of drug-likeness (QED) is 0.843. The molecule has 4 heteroatoms. The lowest BCUT2D eigenvalue weighted by molar-refractivity contribution is 0.0937. The molecule has 2 unspecified atom stereocenters. The number of hydrogen-bond donors (Lipinski definition) is 2. The molecule has 0 bridgehead atoms. The number of carbonyl (C=O) groups is 1. The molecular weight excluding hydrogens is 282 g/mol. The fourth-order valence-corrected chi connectivity index (χ4v) is 3.50. The fourth-order valence-electron chi connectivity index (χ4n) is 2.70. The maximum Gasteiger partial charge on any atom is 0.251 e. The first-order valence-corrected chi connectivity index (χ1v) is 8.47. The van der Waals surface area contributed by atoms with Crippen molar-refractivity contribution in [2.45, 2.75) is 37.5 Å². The Balaban J connectivity index is 2.09. The van der Waals surface area contributed by atoms with E-state index in [9.17, 15) is 4.79 Å². The van der Waals surface area contributed by atoms with E-state index in [1.54, 1.807) is 0 Å². The molecule has 112 valence electrons. The Morgan fingerprint density at radius 2 is 2.29 bits per heavy atom. The standard InChI is InChI=1S/C17H21NO2S/c1-12-13(6-4-10-19)5-3-7-16(12)17(20)18-14-8-9-15(11-14)21-2/h3,5,7,14-15,19H,8-11H2,1-2H3,(H,18,20). The summed E-state index contributed by atoms with van der Waals surface area (Å²) in [7, 11) is 0. The van der Waals surface area contributed by atoms with Crippen LogP contribution in [-0.4, -0.2) is 35.2 Å². The molecule has 0 saturated heterocycles. The number of nitrogens with one attached hydrogen (secondary N) is 1. The molecule has 0 aromatic heterocycles. The third-order valence-electron chi connectivity index (χ3n) is 3.93. The van der Waals surface area contributed by atoms with Gasteiger partial charge in [0.15, 0.2) is 0 Å². The Morgan fingerprint density at radius 1 is 1.48 bits per heavy atom. The van der Waals surface area contributed by atoms with Crippen LogP contribution in [0.2, 0.25) is 0 Å². The summed E-state index contributed by atoms with van der Waals surface area (Å²) in [5, 5.41) is 12.6. The highest BCUT2D eigenvalue weighted by Gasteiger charge is 2.25. The van der Waals surface area contributed by atoms with Crippen molar-refractivity contribution in [1.82, 2.24) is 5.32 Å². The average Bonchev–Trinajstić information content (AvgIpc) is 2.93. The van der Waals surface area contributed by atoms with Gasteiger partial charge in [0.1, 0.15) is 6.61 Å². The van der Waals surface area contributed by atoms with Crippen LogP contribution in [0, 0.1) is 18.8 Å². The molecule has 2 atom stereocenters. The minimum Gasteiger partial charge on any atom is -0.384 e. The Morgan fingerprint density at radius 3 is 2.95 bits per heavy atom. The number of benzene rings is 1. The van der Waals surface area contributed by atoms with Gasteiger partial charge in [0, 0.05) is 22.4 Å². The van der Waals surface area contributed by atoms with Gasteiger partial charge in [-0.3, -0.25) is 4.79 Å². The topological polar surface area (TPSA) is 49.3 Å². The van der Waals surface area contributed by atoms with Gasteiger partial charge in [-0.1, -0.05) is 17.9 Å². The van der Waals surface area contributed by atoms with Crippen molar-refractivity contribution in [3.63, 3.8) is 0 Å². The van der Waals surface area contributed by atoms with E-state index in [1.165, 1.54) is 6.42 Å². The van der Waals surface area contributed by atoms with Crippen LogP contribution >= 0.6 is 11.8 Å². The lowest BCUT2D eigenvalue weighted by Gasteiger charge is -2.14. The van der Waals surface area contributed by atoms with Crippen molar-refractivity contribution in [3.8, 4) is 11.8 Å². The highest BCUT2D eigenvalue weighted by Crippen LogP contribution is 2.28. The zero-order chi connectivity index (χ0) is 15.2. The Kier molecular flexibility index (Phi) is 5.72. The second-order valence-corrected chi connectivity index (χ2v) is 6.42. The van der Waals surface area contributed by atoms with Gasteiger partial charge in [0.2, 0.25) is 0 Å². The normalized spacial score (nSPS) is 20.7. The van der Waals surface area contributed by atoms with E-state index in [0.717, 1.165) is 24.0 Å². The number of hydrogen-bond acceptors (Lipinski definition) is 3. The van der Waals surface area contributed by atoms with Crippen LogP contribution < -0.4 is 5.32 Å². The van der Waals surface area contributed by atoms with Gasteiger partial charge >= 0.3 is 0 Å². The summed E-state index contributed by atoms with van der Waals surface area (Å²) in [6, 6.07) is 5.81. The SMILES string of the molecule is CSC1CCC(NC(=O)c2cccc(C#CCO)c2C)C1. The van der Waals surface area contributed by atoms with Crippen LogP contribution in [-0.2, 0) is 0 Å². The third kappa shape index (κ3) is 4.03. The van der Waals surface area contributed by atoms with Crippen molar-refractivity contribution >= 4 is 17.7 Å². The summed E-state index contributed by atoms with van der Waals surface area (Å²) in [6.07, 6.45) is 5.41. The summed E-state index contributed by atoms with van der Waals surface area (Å²) in [6.45, 7) is 1.73. The first-order valence-electron chi connectivity index (χ1n) is 7.18. The van der Waals surface area contributed by atoms with Crippen molar-refractivity contribution in [1.29, 1.82) is 0 Å². The fraction of sp³-hybridized carbons (Fsp3) is 0.471. The monoisotopic (exact) mass is 303 g/mol. The maximum atomic E-state index is 12.4. The molecular formula is C17H21NO2S. The van der Waals surface area contributed by atoms with Crippen LogP contribution in [0.1, 0.15) is 40.7 Å². The molecule has 1 aliphatic rings. The minimum atomic E-state index is -0.173. The molecule has 1 amide bonds. The van der Waals surface area contributed by atoms with Gasteiger partial charge in [-0.2, -0.15) is 11.8 Å². The summed E-state index contributed by atoms with van der Waals surface area (Å²) in [5.74, 6) is 5.49. The molecule has 2 rings (SSSR count). The van der Waals surface area contributed by atoms with E-state index in [-0.39, 0.29) is 18.6 Å². The van der Waals surface area contributed by atoms with E-state index in [2.05, 4.69) is 23.4 Å². The van der Waals surface area contributed by atoms with Gasteiger partial charge in [0.25, 0.3) is 5.91 Å². The summed E-state index contributed by atoms with van der Waals surface area (Å²) in [5.41, 5.74) is 2.34. The number of aliphatic hydroxyl groups excluding tert-OH is 1. The van der Waals surface area contributed by atoms with E-state index in [4.69, 9.17) is 5.11 Å². The molecule has 0 heterocycles. The highest BCUT2D eigenvalue weighted by atomic mass is 32.2. The maximum absolute atomic E-state index is 12.4. The molecule has 0 radical (unpaired) electrons. The van der Waals surface area contributed by atoms with Gasteiger partial charge in [0.05, 0.1) is 0 Å². The molecule has 1 fully saturated rings. The Hall–Kier alpha value is -1.44. The number of aliphatic hydroxyl groups is 1. The van der Waals surface area contributed by atoms with E-state index >= 15 is 0 Å². The molecule has 21 heavy (non-hydrogen) atoms.